The quantitative estimate of drug-likeness (QED) is 0.838. The number of anilines is 1. The lowest BCUT2D eigenvalue weighted by atomic mass is 10.1. The molecule has 2 aromatic rings. The number of thioether (sulfide) groups is 1. The Kier molecular flexibility index (Phi) is 4.90. The Bertz CT molecular complexity index is 863. The minimum absolute atomic E-state index is 0.136. The van der Waals surface area contributed by atoms with E-state index in [0.29, 0.717) is 22.6 Å². The van der Waals surface area contributed by atoms with Gasteiger partial charge in [0, 0.05) is 18.5 Å². The number of rotatable bonds is 5. The summed E-state index contributed by atoms with van der Waals surface area (Å²) in [4.78, 5) is 37.0. The molecule has 0 atom stereocenters. The lowest BCUT2D eigenvalue weighted by Crippen LogP contribution is -2.24. The van der Waals surface area contributed by atoms with Crippen molar-refractivity contribution in [1.82, 2.24) is 4.90 Å². The highest BCUT2D eigenvalue weighted by atomic mass is 32.2. The monoisotopic (exact) mass is 354 g/mol. The average Bonchev–Trinajstić information content (AvgIpc) is 2.79. The van der Waals surface area contributed by atoms with Crippen molar-refractivity contribution in [2.24, 2.45) is 0 Å². The van der Waals surface area contributed by atoms with Crippen LogP contribution in [0.5, 0.6) is 0 Å². The fraction of sp³-hybridized carbons (Fsp3) is 0.211. The standard InChI is InChI=1S/C19H18N2O3S/c1-12-4-3-5-13(8-12)10-25-11-17(22)20-14-6-7-15-16(9-14)19(24)21(2)18(15)23/h3-9H,10-11H2,1-2H3,(H,20,22). The molecule has 5 nitrogen and oxygen atoms in total. The Balaban J connectivity index is 1.57. The normalized spacial score (nSPS) is 13.1. The van der Waals surface area contributed by atoms with E-state index in [1.54, 1.807) is 18.2 Å². The number of imide groups is 1. The second kappa shape index (κ2) is 7.11. The van der Waals surface area contributed by atoms with Gasteiger partial charge in [0.1, 0.15) is 0 Å². The number of benzene rings is 2. The van der Waals surface area contributed by atoms with Gasteiger partial charge in [-0.05, 0) is 30.7 Å². The highest BCUT2D eigenvalue weighted by molar-refractivity contribution is 7.99. The van der Waals surface area contributed by atoms with Gasteiger partial charge in [0.2, 0.25) is 5.91 Å². The first-order chi connectivity index (χ1) is 12.0. The van der Waals surface area contributed by atoms with Gasteiger partial charge >= 0.3 is 0 Å². The Morgan fingerprint density at radius 1 is 1.08 bits per heavy atom. The molecule has 0 bridgehead atoms. The van der Waals surface area contributed by atoms with Crippen molar-refractivity contribution in [3.63, 3.8) is 0 Å². The predicted molar refractivity (Wildman–Crippen MR) is 98.8 cm³/mol. The summed E-state index contributed by atoms with van der Waals surface area (Å²) in [6, 6.07) is 13.0. The fourth-order valence-corrected chi connectivity index (χ4v) is 3.47. The van der Waals surface area contributed by atoms with E-state index >= 15 is 0 Å². The van der Waals surface area contributed by atoms with Crippen molar-refractivity contribution in [2.75, 3.05) is 18.1 Å². The van der Waals surface area contributed by atoms with Crippen molar-refractivity contribution in [1.29, 1.82) is 0 Å². The number of amides is 3. The molecule has 0 spiro atoms. The van der Waals surface area contributed by atoms with Crippen molar-refractivity contribution < 1.29 is 14.4 Å². The van der Waals surface area contributed by atoms with Crippen LogP contribution in [0.4, 0.5) is 5.69 Å². The molecule has 25 heavy (non-hydrogen) atoms. The summed E-state index contributed by atoms with van der Waals surface area (Å²) in [6.45, 7) is 2.04. The van der Waals surface area contributed by atoms with Gasteiger partial charge in [0.05, 0.1) is 16.9 Å². The molecule has 0 fully saturated rings. The molecule has 3 amide bonds. The zero-order valence-electron chi connectivity index (χ0n) is 14.0. The summed E-state index contributed by atoms with van der Waals surface area (Å²) in [6.07, 6.45) is 0. The number of hydrogen-bond donors (Lipinski definition) is 1. The highest BCUT2D eigenvalue weighted by Crippen LogP contribution is 2.25. The fourth-order valence-electron chi connectivity index (χ4n) is 2.70. The van der Waals surface area contributed by atoms with Crippen LogP contribution in [0.15, 0.2) is 42.5 Å². The van der Waals surface area contributed by atoms with E-state index in [1.807, 2.05) is 25.1 Å². The third kappa shape index (κ3) is 3.74. The molecular weight excluding hydrogens is 336 g/mol. The van der Waals surface area contributed by atoms with Crippen molar-refractivity contribution in [3.05, 3.63) is 64.7 Å². The van der Waals surface area contributed by atoms with Gasteiger partial charge in [0.25, 0.3) is 11.8 Å². The molecule has 0 saturated heterocycles. The van der Waals surface area contributed by atoms with Crippen LogP contribution in [-0.2, 0) is 10.5 Å². The van der Waals surface area contributed by atoms with Crippen molar-refractivity contribution in [2.45, 2.75) is 12.7 Å². The molecule has 1 aliphatic heterocycles. The van der Waals surface area contributed by atoms with E-state index in [2.05, 4.69) is 11.4 Å². The topological polar surface area (TPSA) is 66.5 Å². The zero-order chi connectivity index (χ0) is 18.0. The summed E-state index contributed by atoms with van der Waals surface area (Å²) in [7, 11) is 1.45. The Labute approximate surface area is 150 Å². The summed E-state index contributed by atoms with van der Waals surface area (Å²) < 4.78 is 0. The van der Waals surface area contributed by atoms with Crippen LogP contribution < -0.4 is 5.32 Å². The molecule has 0 aromatic heterocycles. The van der Waals surface area contributed by atoms with E-state index in [4.69, 9.17) is 0 Å². The van der Waals surface area contributed by atoms with E-state index in [9.17, 15) is 14.4 Å². The predicted octanol–water partition coefficient (Wildman–Crippen LogP) is 3.09. The second-order valence-corrected chi connectivity index (χ2v) is 6.95. The Morgan fingerprint density at radius 2 is 1.84 bits per heavy atom. The smallest absolute Gasteiger partial charge is 0.261 e. The average molecular weight is 354 g/mol. The first-order valence-electron chi connectivity index (χ1n) is 7.85. The van der Waals surface area contributed by atoms with E-state index in [-0.39, 0.29) is 17.7 Å². The molecule has 128 valence electrons. The molecular formula is C19H18N2O3S. The number of nitrogens with zero attached hydrogens (tertiary/aromatic N) is 1. The molecule has 1 heterocycles. The van der Waals surface area contributed by atoms with E-state index in [0.717, 1.165) is 10.7 Å². The number of carbonyl (C=O) groups is 3. The first kappa shape index (κ1) is 17.2. The third-order valence-corrected chi connectivity index (χ3v) is 4.96. The number of nitrogens with one attached hydrogen (secondary N) is 1. The van der Waals surface area contributed by atoms with Crippen LogP contribution in [-0.4, -0.2) is 35.4 Å². The second-order valence-electron chi connectivity index (χ2n) is 5.96. The lowest BCUT2D eigenvalue weighted by molar-refractivity contribution is -0.113. The van der Waals surface area contributed by atoms with E-state index < -0.39 is 0 Å². The van der Waals surface area contributed by atoms with Crippen LogP contribution >= 0.6 is 11.8 Å². The van der Waals surface area contributed by atoms with Crippen molar-refractivity contribution >= 4 is 35.2 Å². The zero-order valence-corrected chi connectivity index (χ0v) is 14.9. The van der Waals surface area contributed by atoms with E-state index in [1.165, 1.54) is 29.9 Å². The van der Waals surface area contributed by atoms with Gasteiger partial charge in [0.15, 0.2) is 0 Å². The summed E-state index contributed by atoms with van der Waals surface area (Å²) in [5.74, 6) is 0.286. The van der Waals surface area contributed by atoms with Gasteiger partial charge < -0.3 is 5.32 Å². The Morgan fingerprint density at radius 3 is 2.60 bits per heavy atom. The minimum atomic E-state index is -0.343. The maximum Gasteiger partial charge on any atom is 0.261 e. The maximum atomic E-state index is 12.1. The van der Waals surface area contributed by atoms with Crippen LogP contribution in [0.3, 0.4) is 0 Å². The highest BCUT2D eigenvalue weighted by Gasteiger charge is 2.32. The molecule has 0 aliphatic carbocycles. The Hall–Kier alpha value is -2.60. The molecule has 0 saturated carbocycles. The number of fused-ring (bicyclic) bond motifs is 1. The number of hydrogen-bond acceptors (Lipinski definition) is 4. The van der Waals surface area contributed by atoms with Crippen molar-refractivity contribution in [3.8, 4) is 0 Å². The first-order valence-corrected chi connectivity index (χ1v) is 9.01. The SMILES string of the molecule is Cc1cccc(CSCC(=O)Nc2ccc3c(c2)C(=O)N(C)C3=O)c1. The number of carbonyl (C=O) groups excluding carboxylic acids is 3. The molecule has 1 aliphatic rings. The largest absolute Gasteiger partial charge is 0.325 e. The van der Waals surface area contributed by atoms with Crippen LogP contribution in [0.25, 0.3) is 0 Å². The minimum Gasteiger partial charge on any atom is -0.325 e. The van der Waals surface area contributed by atoms with Crippen LogP contribution in [0, 0.1) is 6.92 Å². The maximum absolute atomic E-state index is 12.1. The number of aryl methyl sites for hydroxylation is 1. The molecule has 3 rings (SSSR count). The van der Waals surface area contributed by atoms with Crippen LogP contribution in [0.2, 0.25) is 0 Å². The lowest BCUT2D eigenvalue weighted by Gasteiger charge is -2.07. The molecule has 0 radical (unpaired) electrons. The molecule has 2 aromatic carbocycles. The third-order valence-electron chi connectivity index (χ3n) is 3.96. The summed E-state index contributed by atoms with van der Waals surface area (Å²) in [5.41, 5.74) is 3.61. The van der Waals surface area contributed by atoms with Gasteiger partial charge in [-0.1, -0.05) is 29.8 Å². The molecule has 0 unspecified atom stereocenters. The van der Waals surface area contributed by atoms with Gasteiger partial charge in [-0.15, -0.1) is 11.8 Å². The van der Waals surface area contributed by atoms with Gasteiger partial charge in [-0.25, -0.2) is 0 Å². The van der Waals surface area contributed by atoms with Gasteiger partial charge in [-0.2, -0.15) is 0 Å². The summed E-state index contributed by atoms with van der Waals surface area (Å²) >= 11 is 1.53. The summed E-state index contributed by atoms with van der Waals surface area (Å²) in [5, 5.41) is 2.78. The molecule has 6 heteroatoms. The van der Waals surface area contributed by atoms with Crippen LogP contribution in [0.1, 0.15) is 31.8 Å². The van der Waals surface area contributed by atoms with Gasteiger partial charge in [-0.3, -0.25) is 19.3 Å². The molecule has 1 N–H and O–H groups in total.